The summed E-state index contributed by atoms with van der Waals surface area (Å²) in [4.78, 5) is 49.2. The van der Waals surface area contributed by atoms with Crippen LogP contribution in [0, 0.1) is 0 Å². The topological polar surface area (TPSA) is 108 Å². The lowest BCUT2D eigenvalue weighted by Gasteiger charge is -2.09. The molecular formula is C23H25NO7S. The second-order valence-electron chi connectivity index (χ2n) is 7.08. The summed E-state index contributed by atoms with van der Waals surface area (Å²) in [6.45, 7) is 2.87. The van der Waals surface area contributed by atoms with E-state index in [1.165, 1.54) is 11.3 Å². The Bertz CT molecular complexity index is 1010. The minimum absolute atomic E-state index is 0.0176. The SMILES string of the molecule is CCOC(=O)c1c(NC(=O)COC(=O)COc2ccc(C(=O)CC)cc2)sc2c1CCC2. The van der Waals surface area contributed by atoms with E-state index in [4.69, 9.17) is 14.2 Å². The Kier molecular flexibility index (Phi) is 7.99. The molecule has 1 N–H and O–H groups in total. The molecular weight excluding hydrogens is 434 g/mol. The first kappa shape index (κ1) is 23.5. The number of nitrogens with one attached hydrogen (secondary N) is 1. The zero-order valence-corrected chi connectivity index (χ0v) is 18.8. The fourth-order valence-electron chi connectivity index (χ4n) is 3.35. The zero-order chi connectivity index (χ0) is 23.1. The molecule has 0 saturated carbocycles. The molecule has 0 fully saturated rings. The van der Waals surface area contributed by atoms with E-state index in [9.17, 15) is 19.2 Å². The summed E-state index contributed by atoms with van der Waals surface area (Å²) >= 11 is 1.36. The fourth-order valence-corrected chi connectivity index (χ4v) is 4.64. The number of thiophene rings is 1. The second-order valence-corrected chi connectivity index (χ2v) is 8.19. The summed E-state index contributed by atoms with van der Waals surface area (Å²) in [5, 5.41) is 3.08. The molecule has 2 aromatic rings. The van der Waals surface area contributed by atoms with Crippen molar-refractivity contribution in [1.82, 2.24) is 0 Å². The van der Waals surface area contributed by atoms with Crippen LogP contribution >= 0.6 is 11.3 Å². The predicted octanol–water partition coefficient (Wildman–Crippen LogP) is 3.57. The Morgan fingerprint density at radius 1 is 1.00 bits per heavy atom. The number of hydrogen-bond acceptors (Lipinski definition) is 8. The first-order chi connectivity index (χ1) is 15.4. The minimum atomic E-state index is -0.715. The molecule has 0 saturated heterocycles. The predicted molar refractivity (Wildman–Crippen MR) is 118 cm³/mol. The smallest absolute Gasteiger partial charge is 0.344 e. The van der Waals surface area contributed by atoms with Gasteiger partial charge in [0.25, 0.3) is 5.91 Å². The van der Waals surface area contributed by atoms with Crippen LogP contribution in [0.2, 0.25) is 0 Å². The van der Waals surface area contributed by atoms with Crippen molar-refractivity contribution in [2.24, 2.45) is 0 Å². The number of ketones is 1. The van der Waals surface area contributed by atoms with Crippen molar-refractivity contribution in [3.05, 3.63) is 45.8 Å². The largest absolute Gasteiger partial charge is 0.482 e. The van der Waals surface area contributed by atoms with Crippen LogP contribution in [-0.4, -0.2) is 43.4 Å². The summed E-state index contributed by atoms with van der Waals surface area (Å²) in [6.07, 6.45) is 3.01. The van der Waals surface area contributed by atoms with Gasteiger partial charge in [-0.3, -0.25) is 9.59 Å². The van der Waals surface area contributed by atoms with E-state index in [0.717, 1.165) is 29.7 Å². The summed E-state index contributed by atoms with van der Waals surface area (Å²) in [5.74, 6) is -1.30. The van der Waals surface area contributed by atoms with E-state index in [2.05, 4.69) is 5.32 Å². The molecule has 1 aromatic heterocycles. The summed E-state index contributed by atoms with van der Waals surface area (Å²) in [7, 11) is 0. The van der Waals surface area contributed by atoms with Gasteiger partial charge in [0.05, 0.1) is 12.2 Å². The summed E-state index contributed by atoms with van der Waals surface area (Å²) in [6, 6.07) is 6.44. The molecule has 3 rings (SSSR count). The highest BCUT2D eigenvalue weighted by atomic mass is 32.1. The van der Waals surface area contributed by atoms with E-state index in [1.807, 2.05) is 0 Å². The van der Waals surface area contributed by atoms with Gasteiger partial charge in [-0.25, -0.2) is 9.59 Å². The number of aryl methyl sites for hydroxylation is 1. The average Bonchev–Trinajstić information content (AvgIpc) is 3.37. The highest BCUT2D eigenvalue weighted by Crippen LogP contribution is 2.39. The molecule has 0 spiro atoms. The van der Waals surface area contributed by atoms with Crippen LogP contribution in [0.4, 0.5) is 5.00 Å². The Labute approximate surface area is 189 Å². The molecule has 32 heavy (non-hydrogen) atoms. The number of benzene rings is 1. The molecule has 9 heteroatoms. The van der Waals surface area contributed by atoms with Crippen molar-refractivity contribution >= 4 is 40.0 Å². The van der Waals surface area contributed by atoms with Crippen LogP contribution in [0.1, 0.15) is 57.8 Å². The van der Waals surface area contributed by atoms with E-state index in [1.54, 1.807) is 38.1 Å². The maximum atomic E-state index is 12.3. The standard InChI is InChI=1S/C23H25NO7S/c1-3-17(25)14-8-10-15(11-9-14)30-13-20(27)31-12-19(26)24-22-21(23(28)29-4-2)16-6-5-7-18(16)32-22/h8-11H,3-7,12-13H2,1-2H3,(H,24,26). The molecule has 1 heterocycles. The van der Waals surface area contributed by atoms with Crippen LogP contribution < -0.4 is 10.1 Å². The molecule has 8 nitrogen and oxygen atoms in total. The summed E-state index contributed by atoms with van der Waals surface area (Å²) < 4.78 is 15.4. The maximum Gasteiger partial charge on any atom is 0.344 e. The van der Waals surface area contributed by atoms with Gasteiger partial charge in [-0.15, -0.1) is 11.3 Å². The van der Waals surface area contributed by atoms with E-state index >= 15 is 0 Å². The Balaban J connectivity index is 1.49. The molecule has 1 aliphatic rings. The van der Waals surface area contributed by atoms with E-state index < -0.39 is 24.5 Å². The Morgan fingerprint density at radius 2 is 1.75 bits per heavy atom. The van der Waals surface area contributed by atoms with Crippen LogP contribution in [0.25, 0.3) is 0 Å². The number of fused-ring (bicyclic) bond motifs is 1. The van der Waals surface area contributed by atoms with Crippen LogP contribution in [0.15, 0.2) is 24.3 Å². The lowest BCUT2D eigenvalue weighted by atomic mass is 10.1. The Morgan fingerprint density at radius 3 is 2.44 bits per heavy atom. The molecule has 0 aliphatic heterocycles. The number of rotatable bonds is 10. The number of anilines is 1. The second kappa shape index (κ2) is 10.9. The summed E-state index contributed by atoms with van der Waals surface area (Å²) in [5.41, 5.74) is 1.90. The van der Waals surface area contributed by atoms with Gasteiger partial charge in [-0.1, -0.05) is 6.92 Å². The monoisotopic (exact) mass is 459 g/mol. The zero-order valence-electron chi connectivity index (χ0n) is 18.0. The first-order valence-electron chi connectivity index (χ1n) is 10.5. The molecule has 170 valence electrons. The fraction of sp³-hybridized carbons (Fsp3) is 0.391. The van der Waals surface area contributed by atoms with Gasteiger partial charge in [0.1, 0.15) is 10.8 Å². The van der Waals surface area contributed by atoms with Crippen LogP contribution in [0.5, 0.6) is 5.75 Å². The van der Waals surface area contributed by atoms with Crippen molar-refractivity contribution in [3.8, 4) is 5.75 Å². The third-order valence-electron chi connectivity index (χ3n) is 4.87. The number of Topliss-reactive ketones (excluding diaryl/α,β-unsaturated/α-hetero) is 1. The van der Waals surface area contributed by atoms with Gasteiger partial charge in [0, 0.05) is 16.9 Å². The third-order valence-corrected chi connectivity index (χ3v) is 6.08. The molecule has 0 atom stereocenters. The first-order valence-corrected chi connectivity index (χ1v) is 11.3. The molecule has 0 bridgehead atoms. The number of hydrogen-bond donors (Lipinski definition) is 1. The number of esters is 2. The van der Waals surface area contributed by atoms with Crippen molar-refractivity contribution in [2.75, 3.05) is 25.1 Å². The molecule has 1 aromatic carbocycles. The lowest BCUT2D eigenvalue weighted by Crippen LogP contribution is -2.24. The van der Waals surface area contributed by atoms with Gasteiger partial charge in [0.2, 0.25) is 0 Å². The highest BCUT2D eigenvalue weighted by molar-refractivity contribution is 7.17. The quantitative estimate of drug-likeness (QED) is 0.427. The molecule has 1 aliphatic carbocycles. The maximum absolute atomic E-state index is 12.3. The lowest BCUT2D eigenvalue weighted by molar-refractivity contribution is -0.149. The molecule has 0 unspecified atom stereocenters. The van der Waals surface area contributed by atoms with Gasteiger partial charge in [0.15, 0.2) is 19.0 Å². The number of carbonyl (C=O) groups excluding carboxylic acids is 4. The molecule has 0 radical (unpaired) electrons. The van der Waals surface area contributed by atoms with Crippen molar-refractivity contribution < 1.29 is 33.4 Å². The van der Waals surface area contributed by atoms with Gasteiger partial charge < -0.3 is 19.5 Å². The minimum Gasteiger partial charge on any atom is -0.482 e. The van der Waals surface area contributed by atoms with Crippen molar-refractivity contribution in [3.63, 3.8) is 0 Å². The van der Waals surface area contributed by atoms with Gasteiger partial charge >= 0.3 is 11.9 Å². The highest BCUT2D eigenvalue weighted by Gasteiger charge is 2.28. The third kappa shape index (κ3) is 5.73. The van der Waals surface area contributed by atoms with Crippen molar-refractivity contribution in [2.45, 2.75) is 39.5 Å². The van der Waals surface area contributed by atoms with Crippen molar-refractivity contribution in [1.29, 1.82) is 0 Å². The number of ether oxygens (including phenoxy) is 3. The van der Waals surface area contributed by atoms with E-state index in [0.29, 0.717) is 28.3 Å². The number of carbonyl (C=O) groups is 4. The van der Waals surface area contributed by atoms with Gasteiger partial charge in [-0.2, -0.15) is 0 Å². The van der Waals surface area contributed by atoms with Crippen LogP contribution in [0.3, 0.4) is 0 Å². The van der Waals surface area contributed by atoms with E-state index in [-0.39, 0.29) is 19.0 Å². The van der Waals surface area contributed by atoms with Crippen LogP contribution in [-0.2, 0) is 31.9 Å². The molecule has 1 amide bonds. The normalized spacial score (nSPS) is 12.1. The average molecular weight is 460 g/mol. The number of amides is 1. The van der Waals surface area contributed by atoms with Gasteiger partial charge in [-0.05, 0) is 56.0 Å². The Hall–Kier alpha value is -3.20.